The molecule has 8 heteroatoms. The third kappa shape index (κ3) is 6.84. The predicted molar refractivity (Wildman–Crippen MR) is 102 cm³/mol. The fraction of sp³-hybridized carbons (Fsp3) is 0.588. The van der Waals surface area contributed by atoms with E-state index in [4.69, 9.17) is 16.3 Å². The quantitative estimate of drug-likeness (QED) is 0.658. The monoisotopic (exact) mass is 390 g/mol. The number of halogens is 1. The summed E-state index contributed by atoms with van der Waals surface area (Å²) in [7, 11) is -3.66. The minimum Gasteiger partial charge on any atom is -0.379 e. The van der Waals surface area contributed by atoms with Crippen LogP contribution in [0.1, 0.15) is 32.8 Å². The highest BCUT2D eigenvalue weighted by Crippen LogP contribution is 2.28. The van der Waals surface area contributed by atoms with Gasteiger partial charge in [0, 0.05) is 18.2 Å². The number of aryl methyl sites for hydroxylation is 1. The van der Waals surface area contributed by atoms with Gasteiger partial charge in [-0.1, -0.05) is 17.7 Å². The molecule has 1 amide bonds. The summed E-state index contributed by atoms with van der Waals surface area (Å²) in [6.07, 6.45) is 1.88. The Morgan fingerprint density at radius 1 is 1.32 bits per heavy atom. The fourth-order valence-electron chi connectivity index (χ4n) is 2.35. The Morgan fingerprint density at radius 3 is 2.52 bits per heavy atom. The summed E-state index contributed by atoms with van der Waals surface area (Å²) in [5.74, 6) is -0.366. The number of sulfonamides is 1. The molecule has 0 fully saturated rings. The lowest BCUT2D eigenvalue weighted by atomic mass is 10.2. The van der Waals surface area contributed by atoms with E-state index < -0.39 is 16.1 Å². The number of benzene rings is 1. The molecule has 1 aromatic carbocycles. The van der Waals surface area contributed by atoms with Gasteiger partial charge in [-0.25, -0.2) is 8.42 Å². The third-order valence-corrected chi connectivity index (χ3v) is 5.03. The van der Waals surface area contributed by atoms with Gasteiger partial charge in [-0.05, 0) is 51.8 Å². The number of nitrogens with zero attached hydrogens (tertiary/aromatic N) is 1. The van der Waals surface area contributed by atoms with Crippen LogP contribution in [0.2, 0.25) is 5.02 Å². The molecule has 1 aromatic rings. The molecule has 1 rings (SSSR count). The zero-order valence-electron chi connectivity index (χ0n) is 15.4. The standard InChI is InChI=1S/C17H27ClN2O4S/c1-12(2)24-10-6-9-19-17(21)14(4)20(25(5,22)23)16-11-15(18)8-7-13(16)3/h7-8,11-12,14H,6,9-10H2,1-5H3,(H,19,21)/t14-/m1/s1. The van der Waals surface area contributed by atoms with E-state index in [0.717, 1.165) is 16.1 Å². The molecule has 0 unspecified atom stereocenters. The summed E-state index contributed by atoms with van der Waals surface area (Å²) >= 11 is 6.00. The largest absolute Gasteiger partial charge is 0.379 e. The van der Waals surface area contributed by atoms with Crippen LogP contribution in [-0.4, -0.2) is 45.9 Å². The molecule has 142 valence electrons. The highest BCUT2D eigenvalue weighted by atomic mass is 35.5. The van der Waals surface area contributed by atoms with Crippen molar-refractivity contribution in [3.8, 4) is 0 Å². The van der Waals surface area contributed by atoms with E-state index in [1.165, 1.54) is 0 Å². The molecule has 0 saturated heterocycles. The first-order valence-electron chi connectivity index (χ1n) is 8.19. The normalized spacial score (nSPS) is 12.9. The van der Waals surface area contributed by atoms with E-state index in [9.17, 15) is 13.2 Å². The summed E-state index contributed by atoms with van der Waals surface area (Å²) in [5, 5.41) is 3.16. The smallest absolute Gasteiger partial charge is 0.243 e. The Kier molecular flexibility index (Phi) is 8.18. The Morgan fingerprint density at radius 2 is 1.96 bits per heavy atom. The van der Waals surface area contributed by atoms with Crippen molar-refractivity contribution in [1.82, 2.24) is 5.32 Å². The molecule has 0 aromatic heterocycles. The van der Waals surface area contributed by atoms with Gasteiger partial charge in [-0.15, -0.1) is 0 Å². The van der Waals surface area contributed by atoms with Crippen molar-refractivity contribution in [2.45, 2.75) is 46.3 Å². The molecule has 0 saturated carbocycles. The molecule has 25 heavy (non-hydrogen) atoms. The first kappa shape index (κ1) is 21.7. The molecule has 0 heterocycles. The molecule has 6 nitrogen and oxygen atoms in total. The van der Waals surface area contributed by atoms with Crippen molar-refractivity contribution in [3.05, 3.63) is 28.8 Å². The molecule has 0 aliphatic rings. The van der Waals surface area contributed by atoms with Crippen LogP contribution in [0, 0.1) is 6.92 Å². The van der Waals surface area contributed by atoms with Crippen LogP contribution in [0.4, 0.5) is 5.69 Å². The number of rotatable bonds is 9. The average Bonchev–Trinajstić information content (AvgIpc) is 2.48. The van der Waals surface area contributed by atoms with Crippen LogP contribution in [0.3, 0.4) is 0 Å². The summed E-state index contributed by atoms with van der Waals surface area (Å²) in [4.78, 5) is 12.4. The highest BCUT2D eigenvalue weighted by Gasteiger charge is 2.30. The maximum atomic E-state index is 12.4. The van der Waals surface area contributed by atoms with Crippen molar-refractivity contribution in [2.75, 3.05) is 23.7 Å². The number of hydrogen-bond donors (Lipinski definition) is 1. The van der Waals surface area contributed by atoms with Crippen molar-refractivity contribution >= 4 is 33.2 Å². The number of hydrogen-bond acceptors (Lipinski definition) is 4. The van der Waals surface area contributed by atoms with Crippen LogP contribution >= 0.6 is 11.6 Å². The SMILES string of the molecule is Cc1ccc(Cl)cc1N([C@H](C)C(=O)NCCCOC(C)C)S(C)(=O)=O. The lowest BCUT2D eigenvalue weighted by molar-refractivity contribution is -0.121. The van der Waals surface area contributed by atoms with Gasteiger partial charge >= 0.3 is 0 Å². The molecule has 0 bridgehead atoms. The molecular formula is C17H27ClN2O4S. The fourth-order valence-corrected chi connectivity index (χ4v) is 3.74. The van der Waals surface area contributed by atoms with Crippen molar-refractivity contribution < 1.29 is 17.9 Å². The number of ether oxygens (including phenoxy) is 1. The van der Waals surface area contributed by atoms with E-state index in [1.54, 1.807) is 32.0 Å². The van der Waals surface area contributed by atoms with Gasteiger partial charge in [-0.3, -0.25) is 9.10 Å². The van der Waals surface area contributed by atoms with E-state index in [2.05, 4.69) is 5.32 Å². The van der Waals surface area contributed by atoms with Gasteiger partial charge in [-0.2, -0.15) is 0 Å². The maximum Gasteiger partial charge on any atom is 0.243 e. The number of anilines is 1. The van der Waals surface area contributed by atoms with Crippen molar-refractivity contribution in [1.29, 1.82) is 0 Å². The molecular weight excluding hydrogens is 364 g/mol. The minimum absolute atomic E-state index is 0.140. The van der Waals surface area contributed by atoms with Gasteiger partial charge in [0.2, 0.25) is 15.9 Å². The predicted octanol–water partition coefficient (Wildman–Crippen LogP) is 2.73. The Hall–Kier alpha value is -1.31. The zero-order chi connectivity index (χ0) is 19.2. The molecule has 0 spiro atoms. The lowest BCUT2D eigenvalue weighted by Crippen LogP contribution is -2.48. The first-order chi connectivity index (χ1) is 11.5. The van der Waals surface area contributed by atoms with Gasteiger partial charge in [0.05, 0.1) is 18.0 Å². The van der Waals surface area contributed by atoms with Crippen LogP contribution < -0.4 is 9.62 Å². The second kappa shape index (κ2) is 9.40. The number of carbonyl (C=O) groups excluding carboxylic acids is 1. The van der Waals surface area contributed by atoms with Crippen LogP contribution in [0.15, 0.2) is 18.2 Å². The molecule has 0 aliphatic heterocycles. The topological polar surface area (TPSA) is 75.7 Å². The minimum atomic E-state index is -3.66. The molecule has 1 N–H and O–H groups in total. The number of amides is 1. The Balaban J connectivity index is 2.86. The van der Waals surface area contributed by atoms with Crippen molar-refractivity contribution in [3.63, 3.8) is 0 Å². The van der Waals surface area contributed by atoms with Gasteiger partial charge in [0.25, 0.3) is 0 Å². The van der Waals surface area contributed by atoms with Crippen molar-refractivity contribution in [2.24, 2.45) is 0 Å². The first-order valence-corrected chi connectivity index (χ1v) is 10.4. The Labute approximate surface area is 155 Å². The molecule has 0 radical (unpaired) electrons. The zero-order valence-corrected chi connectivity index (χ0v) is 16.9. The van der Waals surface area contributed by atoms with E-state index in [1.807, 2.05) is 13.8 Å². The second-order valence-electron chi connectivity index (χ2n) is 6.23. The summed E-state index contributed by atoms with van der Waals surface area (Å²) in [5.41, 5.74) is 1.13. The summed E-state index contributed by atoms with van der Waals surface area (Å²) in [6.45, 7) is 8.17. The highest BCUT2D eigenvalue weighted by molar-refractivity contribution is 7.92. The average molecular weight is 391 g/mol. The van der Waals surface area contributed by atoms with Crippen LogP contribution in [-0.2, 0) is 19.6 Å². The maximum absolute atomic E-state index is 12.4. The summed E-state index contributed by atoms with van der Waals surface area (Å²) < 4.78 is 31.1. The van der Waals surface area contributed by atoms with E-state index in [0.29, 0.717) is 30.3 Å². The number of carbonyl (C=O) groups is 1. The van der Waals surface area contributed by atoms with Gasteiger partial charge in [0.15, 0.2) is 0 Å². The van der Waals surface area contributed by atoms with Crippen LogP contribution in [0.5, 0.6) is 0 Å². The van der Waals surface area contributed by atoms with Gasteiger partial charge < -0.3 is 10.1 Å². The van der Waals surface area contributed by atoms with E-state index in [-0.39, 0.29) is 12.0 Å². The third-order valence-electron chi connectivity index (χ3n) is 3.57. The molecule has 0 aliphatic carbocycles. The number of nitrogens with one attached hydrogen (secondary N) is 1. The lowest BCUT2D eigenvalue weighted by Gasteiger charge is -2.29. The molecule has 1 atom stereocenters. The summed E-state index contributed by atoms with van der Waals surface area (Å²) in [6, 6.07) is 4.07. The van der Waals surface area contributed by atoms with E-state index >= 15 is 0 Å². The second-order valence-corrected chi connectivity index (χ2v) is 8.53. The van der Waals surface area contributed by atoms with Gasteiger partial charge in [0.1, 0.15) is 6.04 Å². The Bertz CT molecular complexity index is 692. The van der Waals surface area contributed by atoms with Crippen LogP contribution in [0.25, 0.3) is 0 Å².